The summed E-state index contributed by atoms with van der Waals surface area (Å²) in [7, 11) is 0. The molecule has 0 radical (unpaired) electrons. The fourth-order valence-electron chi connectivity index (χ4n) is 2.31. The number of rotatable bonds is 2. The van der Waals surface area contributed by atoms with Gasteiger partial charge in [-0.3, -0.25) is 0 Å². The molecule has 2 aromatic carbocycles. The predicted molar refractivity (Wildman–Crippen MR) is 78.5 cm³/mol. The number of hydrogen-bond donors (Lipinski definition) is 0. The van der Waals surface area contributed by atoms with E-state index in [4.69, 9.17) is 0 Å². The predicted octanol–water partition coefficient (Wildman–Crippen LogP) is 4.16. The van der Waals surface area contributed by atoms with E-state index in [1.54, 1.807) is 0 Å². The number of aryl methyl sites for hydroxylation is 2. The van der Waals surface area contributed by atoms with Gasteiger partial charge in [-0.15, -0.1) is 0 Å². The SMILES string of the molecule is Cc1cc(C)cc(-n2ccc(-c3ccccc3)n2)c1. The minimum Gasteiger partial charge on any atom is -0.240 e. The molecule has 3 rings (SSSR count). The standard InChI is InChI=1S/C17H16N2/c1-13-10-14(2)12-16(11-13)19-9-8-17(18-19)15-6-4-3-5-7-15/h3-12H,1-2H3. The molecule has 0 aliphatic carbocycles. The van der Waals surface area contributed by atoms with Crippen LogP contribution in [0, 0.1) is 13.8 Å². The summed E-state index contributed by atoms with van der Waals surface area (Å²) in [5.41, 5.74) is 5.77. The van der Waals surface area contributed by atoms with Gasteiger partial charge in [-0.25, -0.2) is 4.68 Å². The first-order chi connectivity index (χ1) is 9.22. The molecule has 0 aliphatic heterocycles. The first kappa shape index (κ1) is 11.7. The third-order valence-electron chi connectivity index (χ3n) is 3.13. The van der Waals surface area contributed by atoms with Gasteiger partial charge in [-0.2, -0.15) is 5.10 Å². The molecular weight excluding hydrogens is 232 g/mol. The highest BCUT2D eigenvalue weighted by molar-refractivity contribution is 5.58. The van der Waals surface area contributed by atoms with Gasteiger partial charge >= 0.3 is 0 Å². The Morgan fingerprint density at radius 3 is 2.21 bits per heavy atom. The van der Waals surface area contributed by atoms with Crippen LogP contribution in [0.2, 0.25) is 0 Å². The zero-order valence-corrected chi connectivity index (χ0v) is 11.2. The molecule has 0 fully saturated rings. The van der Waals surface area contributed by atoms with Crippen molar-refractivity contribution in [2.45, 2.75) is 13.8 Å². The van der Waals surface area contributed by atoms with Gasteiger partial charge in [0.2, 0.25) is 0 Å². The molecule has 19 heavy (non-hydrogen) atoms. The fraction of sp³-hybridized carbons (Fsp3) is 0.118. The average Bonchev–Trinajstić information content (AvgIpc) is 2.88. The van der Waals surface area contributed by atoms with Crippen molar-refractivity contribution in [2.24, 2.45) is 0 Å². The van der Waals surface area contributed by atoms with Gasteiger partial charge in [0.05, 0.1) is 11.4 Å². The summed E-state index contributed by atoms with van der Waals surface area (Å²) in [5.74, 6) is 0. The van der Waals surface area contributed by atoms with Crippen molar-refractivity contribution in [3.63, 3.8) is 0 Å². The molecule has 2 heteroatoms. The molecule has 0 bridgehead atoms. The maximum Gasteiger partial charge on any atom is 0.0927 e. The van der Waals surface area contributed by atoms with E-state index in [-0.39, 0.29) is 0 Å². The summed E-state index contributed by atoms with van der Waals surface area (Å²) in [6.07, 6.45) is 2.01. The van der Waals surface area contributed by atoms with Crippen LogP contribution in [0.1, 0.15) is 11.1 Å². The number of hydrogen-bond acceptors (Lipinski definition) is 1. The van der Waals surface area contributed by atoms with Crippen molar-refractivity contribution in [1.29, 1.82) is 0 Å². The molecule has 0 aliphatic rings. The van der Waals surface area contributed by atoms with Crippen molar-refractivity contribution in [1.82, 2.24) is 9.78 Å². The van der Waals surface area contributed by atoms with Gasteiger partial charge in [-0.05, 0) is 43.2 Å². The topological polar surface area (TPSA) is 17.8 Å². The Labute approximate surface area is 113 Å². The summed E-state index contributed by atoms with van der Waals surface area (Å²) in [6.45, 7) is 4.22. The van der Waals surface area contributed by atoms with E-state index in [9.17, 15) is 0 Å². The molecule has 3 aromatic rings. The molecule has 0 amide bonds. The number of aromatic nitrogens is 2. The Balaban J connectivity index is 2.02. The van der Waals surface area contributed by atoms with Crippen molar-refractivity contribution in [2.75, 3.05) is 0 Å². The highest BCUT2D eigenvalue weighted by atomic mass is 15.3. The maximum absolute atomic E-state index is 4.65. The lowest BCUT2D eigenvalue weighted by Crippen LogP contribution is -1.96. The average molecular weight is 248 g/mol. The molecule has 0 atom stereocenters. The monoisotopic (exact) mass is 248 g/mol. The van der Waals surface area contributed by atoms with Crippen LogP contribution in [-0.4, -0.2) is 9.78 Å². The van der Waals surface area contributed by atoms with Gasteiger partial charge in [0.25, 0.3) is 0 Å². The fourth-order valence-corrected chi connectivity index (χ4v) is 2.31. The van der Waals surface area contributed by atoms with Crippen molar-refractivity contribution in [3.8, 4) is 16.9 Å². The number of nitrogens with zero attached hydrogens (tertiary/aromatic N) is 2. The second-order valence-electron chi connectivity index (χ2n) is 4.86. The van der Waals surface area contributed by atoms with Gasteiger partial charge in [0.15, 0.2) is 0 Å². The second-order valence-corrected chi connectivity index (χ2v) is 4.86. The normalized spacial score (nSPS) is 10.6. The van der Waals surface area contributed by atoms with E-state index in [1.807, 2.05) is 35.1 Å². The molecular formula is C17H16N2. The van der Waals surface area contributed by atoms with Crippen molar-refractivity contribution < 1.29 is 0 Å². The van der Waals surface area contributed by atoms with Gasteiger partial charge < -0.3 is 0 Å². The first-order valence-corrected chi connectivity index (χ1v) is 6.42. The Kier molecular flexibility index (Phi) is 2.92. The highest BCUT2D eigenvalue weighted by Crippen LogP contribution is 2.19. The first-order valence-electron chi connectivity index (χ1n) is 6.42. The lowest BCUT2D eigenvalue weighted by atomic mass is 10.1. The minimum atomic E-state index is 1.000. The summed E-state index contributed by atoms with van der Waals surface area (Å²) < 4.78 is 1.93. The van der Waals surface area contributed by atoms with Crippen molar-refractivity contribution >= 4 is 0 Å². The Morgan fingerprint density at radius 2 is 1.53 bits per heavy atom. The summed E-state index contributed by atoms with van der Waals surface area (Å²) in [4.78, 5) is 0. The summed E-state index contributed by atoms with van der Waals surface area (Å²) in [5, 5.41) is 4.65. The van der Waals surface area contributed by atoms with Gasteiger partial charge in [0, 0.05) is 11.8 Å². The summed E-state index contributed by atoms with van der Waals surface area (Å²) >= 11 is 0. The zero-order valence-electron chi connectivity index (χ0n) is 11.2. The van der Waals surface area contributed by atoms with E-state index >= 15 is 0 Å². The third kappa shape index (κ3) is 2.43. The van der Waals surface area contributed by atoms with E-state index in [0.29, 0.717) is 0 Å². The zero-order chi connectivity index (χ0) is 13.2. The molecule has 1 aromatic heterocycles. The van der Waals surface area contributed by atoms with Crippen LogP contribution in [0.3, 0.4) is 0 Å². The van der Waals surface area contributed by atoms with Crippen LogP contribution in [0.15, 0.2) is 60.8 Å². The smallest absolute Gasteiger partial charge is 0.0927 e. The number of benzene rings is 2. The van der Waals surface area contributed by atoms with E-state index < -0.39 is 0 Å². The summed E-state index contributed by atoms with van der Waals surface area (Å²) in [6, 6.07) is 18.8. The highest BCUT2D eigenvalue weighted by Gasteiger charge is 2.04. The van der Waals surface area contributed by atoms with Crippen LogP contribution in [-0.2, 0) is 0 Å². The molecule has 1 heterocycles. The van der Waals surface area contributed by atoms with E-state index in [0.717, 1.165) is 16.9 Å². The Morgan fingerprint density at radius 1 is 0.842 bits per heavy atom. The molecule has 2 nitrogen and oxygen atoms in total. The van der Waals surface area contributed by atoms with E-state index in [1.165, 1.54) is 11.1 Å². The third-order valence-corrected chi connectivity index (χ3v) is 3.13. The Bertz CT molecular complexity index is 676. The van der Waals surface area contributed by atoms with Crippen LogP contribution in [0.25, 0.3) is 16.9 Å². The second kappa shape index (κ2) is 4.73. The maximum atomic E-state index is 4.65. The lowest BCUT2D eigenvalue weighted by Gasteiger charge is -2.04. The van der Waals surface area contributed by atoms with Crippen molar-refractivity contribution in [3.05, 3.63) is 71.9 Å². The molecule has 0 unspecified atom stereocenters. The molecule has 0 spiro atoms. The van der Waals surface area contributed by atoms with E-state index in [2.05, 4.69) is 49.3 Å². The minimum absolute atomic E-state index is 1.000. The molecule has 0 saturated heterocycles. The van der Waals surface area contributed by atoms with Crippen LogP contribution in [0.5, 0.6) is 0 Å². The van der Waals surface area contributed by atoms with Crippen LogP contribution < -0.4 is 0 Å². The molecule has 94 valence electrons. The van der Waals surface area contributed by atoms with Gasteiger partial charge in [0.1, 0.15) is 0 Å². The van der Waals surface area contributed by atoms with Gasteiger partial charge in [-0.1, -0.05) is 36.4 Å². The quantitative estimate of drug-likeness (QED) is 0.666. The largest absolute Gasteiger partial charge is 0.240 e. The Hall–Kier alpha value is -2.35. The lowest BCUT2D eigenvalue weighted by molar-refractivity contribution is 0.881. The van der Waals surface area contributed by atoms with Crippen LogP contribution >= 0.6 is 0 Å². The molecule has 0 saturated carbocycles. The molecule has 0 N–H and O–H groups in total. The van der Waals surface area contributed by atoms with Crippen LogP contribution in [0.4, 0.5) is 0 Å².